The molecule has 0 heterocycles. The molecule has 178 valence electrons. The molecule has 0 rings (SSSR count). The van der Waals surface area contributed by atoms with Gasteiger partial charge in [-0.25, -0.2) is 4.79 Å². The topological polar surface area (TPSA) is 214 Å². The SMILES string of the molecule is CC(C)CC(N)C(=O)NC(C(=O)NC(C(=O)NC(CC(N)=O)C(=O)O)C(C)C)C(C)O. The molecule has 0 fully saturated rings. The molecule has 0 aromatic carbocycles. The van der Waals surface area contributed by atoms with Crippen LogP contribution in [0.3, 0.4) is 0 Å². The summed E-state index contributed by atoms with van der Waals surface area (Å²) in [7, 11) is 0. The molecule has 0 aliphatic carbocycles. The first kappa shape index (κ1) is 28.3. The molecule has 0 radical (unpaired) electrons. The molecule has 0 bridgehead atoms. The van der Waals surface area contributed by atoms with E-state index in [0.717, 1.165) is 0 Å². The average Bonchev–Trinajstić information content (AvgIpc) is 2.61. The summed E-state index contributed by atoms with van der Waals surface area (Å²) >= 11 is 0. The maximum Gasteiger partial charge on any atom is 0.326 e. The Bertz CT molecular complexity index is 666. The molecular formula is C19H35N5O7. The first-order chi connectivity index (χ1) is 14.2. The Balaban J connectivity index is 5.36. The number of carboxylic acid groups (broad SMARTS) is 1. The predicted octanol–water partition coefficient (Wildman–Crippen LogP) is -2.19. The van der Waals surface area contributed by atoms with Gasteiger partial charge in [-0.15, -0.1) is 0 Å². The van der Waals surface area contributed by atoms with Crippen molar-refractivity contribution in [2.24, 2.45) is 23.3 Å². The Hall–Kier alpha value is -2.73. The van der Waals surface area contributed by atoms with Gasteiger partial charge >= 0.3 is 5.97 Å². The van der Waals surface area contributed by atoms with Crippen molar-refractivity contribution in [3.8, 4) is 0 Å². The minimum absolute atomic E-state index is 0.135. The number of amides is 4. The van der Waals surface area contributed by atoms with E-state index in [-0.39, 0.29) is 5.92 Å². The van der Waals surface area contributed by atoms with Crippen LogP contribution < -0.4 is 27.4 Å². The van der Waals surface area contributed by atoms with Gasteiger partial charge in [0, 0.05) is 0 Å². The Labute approximate surface area is 181 Å². The van der Waals surface area contributed by atoms with Crippen LogP contribution in [0.5, 0.6) is 0 Å². The summed E-state index contributed by atoms with van der Waals surface area (Å²) in [6, 6.07) is -5.04. The largest absolute Gasteiger partial charge is 0.480 e. The van der Waals surface area contributed by atoms with E-state index in [4.69, 9.17) is 16.6 Å². The van der Waals surface area contributed by atoms with E-state index in [1.54, 1.807) is 13.8 Å². The maximum atomic E-state index is 12.7. The van der Waals surface area contributed by atoms with Gasteiger partial charge in [0.15, 0.2) is 0 Å². The Morgan fingerprint density at radius 1 is 0.839 bits per heavy atom. The van der Waals surface area contributed by atoms with Crippen molar-refractivity contribution < 1.29 is 34.2 Å². The lowest BCUT2D eigenvalue weighted by atomic mass is 10.0. The van der Waals surface area contributed by atoms with Crippen LogP contribution in [0.1, 0.15) is 47.5 Å². The second-order valence-electron chi connectivity index (χ2n) is 8.26. The second kappa shape index (κ2) is 12.8. The summed E-state index contributed by atoms with van der Waals surface area (Å²) in [5.74, 6) is -5.08. The van der Waals surface area contributed by atoms with Crippen LogP contribution in [-0.4, -0.2) is 70.1 Å². The van der Waals surface area contributed by atoms with E-state index in [1.165, 1.54) is 6.92 Å². The molecule has 0 spiro atoms. The average molecular weight is 446 g/mol. The number of carbonyl (C=O) groups is 5. The number of aliphatic carboxylic acids is 1. The molecule has 5 unspecified atom stereocenters. The fraction of sp³-hybridized carbons (Fsp3) is 0.737. The summed E-state index contributed by atoms with van der Waals surface area (Å²) in [5, 5.41) is 26.0. The predicted molar refractivity (Wildman–Crippen MR) is 111 cm³/mol. The molecule has 12 nitrogen and oxygen atoms in total. The lowest BCUT2D eigenvalue weighted by Crippen LogP contribution is -2.61. The molecule has 0 saturated heterocycles. The normalized spacial score (nSPS) is 16.0. The third-order valence-electron chi connectivity index (χ3n) is 4.39. The van der Waals surface area contributed by atoms with Gasteiger partial charge in [-0.05, 0) is 25.2 Å². The summed E-state index contributed by atoms with van der Waals surface area (Å²) in [5.41, 5.74) is 10.8. The molecule has 5 atom stereocenters. The monoisotopic (exact) mass is 445 g/mol. The number of nitrogens with two attached hydrogens (primary N) is 2. The minimum atomic E-state index is -1.57. The number of aliphatic hydroxyl groups excluding tert-OH is 1. The van der Waals surface area contributed by atoms with Crippen LogP contribution in [-0.2, 0) is 24.0 Å². The van der Waals surface area contributed by atoms with E-state index in [0.29, 0.717) is 6.42 Å². The van der Waals surface area contributed by atoms with Gasteiger partial charge in [-0.1, -0.05) is 27.7 Å². The van der Waals surface area contributed by atoms with E-state index in [9.17, 15) is 29.1 Å². The zero-order chi connectivity index (χ0) is 24.5. The Morgan fingerprint density at radius 2 is 1.32 bits per heavy atom. The van der Waals surface area contributed by atoms with Gasteiger partial charge in [0.05, 0.1) is 18.6 Å². The highest BCUT2D eigenvalue weighted by molar-refractivity contribution is 5.95. The number of rotatable bonds is 13. The lowest BCUT2D eigenvalue weighted by Gasteiger charge is -2.28. The van der Waals surface area contributed by atoms with Crippen molar-refractivity contribution in [1.29, 1.82) is 0 Å². The highest BCUT2D eigenvalue weighted by Crippen LogP contribution is 2.07. The Kier molecular flexibility index (Phi) is 11.7. The van der Waals surface area contributed by atoms with Crippen LogP contribution in [0.2, 0.25) is 0 Å². The van der Waals surface area contributed by atoms with Gasteiger partial charge in [-0.3, -0.25) is 19.2 Å². The molecule has 0 saturated carbocycles. The first-order valence-corrected chi connectivity index (χ1v) is 10.0. The van der Waals surface area contributed by atoms with Crippen molar-refractivity contribution in [1.82, 2.24) is 16.0 Å². The molecule has 12 heteroatoms. The van der Waals surface area contributed by atoms with Gasteiger partial charge < -0.3 is 37.6 Å². The third kappa shape index (κ3) is 10.2. The second-order valence-corrected chi connectivity index (χ2v) is 8.26. The fourth-order valence-electron chi connectivity index (χ4n) is 2.72. The summed E-state index contributed by atoms with van der Waals surface area (Å²) in [6.07, 6.45) is -1.55. The number of aliphatic hydroxyl groups is 1. The number of primary amides is 1. The van der Waals surface area contributed by atoms with Crippen molar-refractivity contribution in [2.45, 2.75) is 77.7 Å². The number of hydrogen-bond acceptors (Lipinski definition) is 7. The van der Waals surface area contributed by atoms with Crippen molar-refractivity contribution in [2.75, 3.05) is 0 Å². The number of hydrogen-bond donors (Lipinski definition) is 7. The zero-order valence-electron chi connectivity index (χ0n) is 18.5. The van der Waals surface area contributed by atoms with Crippen molar-refractivity contribution >= 4 is 29.6 Å². The summed E-state index contributed by atoms with van der Waals surface area (Å²) in [4.78, 5) is 59.8. The molecule has 0 aliphatic rings. The van der Waals surface area contributed by atoms with Gasteiger partial charge in [-0.2, -0.15) is 0 Å². The highest BCUT2D eigenvalue weighted by atomic mass is 16.4. The van der Waals surface area contributed by atoms with E-state index in [1.807, 2.05) is 13.8 Å². The van der Waals surface area contributed by atoms with Gasteiger partial charge in [0.1, 0.15) is 18.1 Å². The van der Waals surface area contributed by atoms with Crippen molar-refractivity contribution in [3.63, 3.8) is 0 Å². The van der Waals surface area contributed by atoms with E-state index in [2.05, 4.69) is 16.0 Å². The van der Waals surface area contributed by atoms with E-state index < -0.39 is 72.2 Å². The Morgan fingerprint density at radius 3 is 1.71 bits per heavy atom. The fourth-order valence-corrected chi connectivity index (χ4v) is 2.72. The van der Waals surface area contributed by atoms with Crippen LogP contribution in [0.4, 0.5) is 0 Å². The molecule has 31 heavy (non-hydrogen) atoms. The highest BCUT2D eigenvalue weighted by Gasteiger charge is 2.34. The smallest absolute Gasteiger partial charge is 0.326 e. The minimum Gasteiger partial charge on any atom is -0.480 e. The molecular weight excluding hydrogens is 410 g/mol. The first-order valence-electron chi connectivity index (χ1n) is 10.0. The molecule has 0 aromatic rings. The third-order valence-corrected chi connectivity index (χ3v) is 4.39. The zero-order valence-corrected chi connectivity index (χ0v) is 18.5. The number of carboxylic acids is 1. The molecule has 0 aliphatic heterocycles. The quantitative estimate of drug-likeness (QED) is 0.165. The molecule has 9 N–H and O–H groups in total. The number of nitrogens with one attached hydrogen (secondary N) is 3. The van der Waals surface area contributed by atoms with Crippen LogP contribution in [0.25, 0.3) is 0 Å². The van der Waals surface area contributed by atoms with Gasteiger partial charge in [0.25, 0.3) is 0 Å². The van der Waals surface area contributed by atoms with E-state index >= 15 is 0 Å². The van der Waals surface area contributed by atoms with Crippen LogP contribution in [0, 0.1) is 11.8 Å². The summed E-state index contributed by atoms with van der Waals surface area (Å²) in [6.45, 7) is 8.24. The standard InChI is InChI=1S/C19H35N5O7/c1-8(2)6-11(20)16(27)24-15(10(5)25)18(29)23-14(9(3)4)17(28)22-12(19(30)31)7-13(21)26/h8-12,14-15,25H,6-7,20H2,1-5H3,(H2,21,26)(H,22,28)(H,23,29)(H,24,27)(H,30,31). The lowest BCUT2D eigenvalue weighted by molar-refractivity contribution is -0.144. The summed E-state index contributed by atoms with van der Waals surface area (Å²) < 4.78 is 0. The van der Waals surface area contributed by atoms with Crippen LogP contribution in [0.15, 0.2) is 0 Å². The van der Waals surface area contributed by atoms with Crippen molar-refractivity contribution in [3.05, 3.63) is 0 Å². The molecule has 4 amide bonds. The molecule has 0 aromatic heterocycles. The maximum absolute atomic E-state index is 12.7. The van der Waals surface area contributed by atoms with Gasteiger partial charge in [0.2, 0.25) is 23.6 Å². The van der Waals surface area contributed by atoms with Crippen LogP contribution >= 0.6 is 0 Å². The number of carbonyl (C=O) groups excluding carboxylic acids is 4.